The SMILES string of the molecule is CC(OC(=O)c1cc(=O)[nH]c2ccccc12)C(=O)Nc1cc([N+](=O)[O-])ccc1Cl. The van der Waals surface area contributed by atoms with E-state index in [2.05, 4.69) is 10.3 Å². The van der Waals surface area contributed by atoms with Gasteiger partial charge in [-0.05, 0) is 19.1 Å². The highest BCUT2D eigenvalue weighted by Crippen LogP contribution is 2.27. The van der Waals surface area contributed by atoms with Gasteiger partial charge in [0.05, 0.1) is 21.2 Å². The summed E-state index contributed by atoms with van der Waals surface area (Å²) in [6.07, 6.45) is -1.25. The van der Waals surface area contributed by atoms with Crippen LogP contribution in [0.4, 0.5) is 11.4 Å². The van der Waals surface area contributed by atoms with Crippen LogP contribution in [-0.2, 0) is 9.53 Å². The lowest BCUT2D eigenvalue weighted by Gasteiger charge is -2.15. The zero-order valence-corrected chi connectivity index (χ0v) is 15.7. The Balaban J connectivity index is 1.79. The average molecular weight is 416 g/mol. The van der Waals surface area contributed by atoms with Crippen LogP contribution >= 0.6 is 11.6 Å². The normalized spacial score (nSPS) is 11.7. The lowest BCUT2D eigenvalue weighted by atomic mass is 10.1. The van der Waals surface area contributed by atoms with Crippen LogP contribution < -0.4 is 10.9 Å². The van der Waals surface area contributed by atoms with Gasteiger partial charge in [0.15, 0.2) is 6.10 Å². The number of para-hydroxylation sites is 1. The predicted molar refractivity (Wildman–Crippen MR) is 106 cm³/mol. The summed E-state index contributed by atoms with van der Waals surface area (Å²) in [6, 6.07) is 11.3. The second-order valence-electron chi connectivity index (χ2n) is 6.05. The summed E-state index contributed by atoms with van der Waals surface area (Å²) in [5, 5.41) is 13.8. The molecule has 0 fully saturated rings. The number of anilines is 1. The highest BCUT2D eigenvalue weighted by molar-refractivity contribution is 6.33. The lowest BCUT2D eigenvalue weighted by molar-refractivity contribution is -0.384. The number of aromatic amines is 1. The number of hydrogen-bond donors (Lipinski definition) is 2. The van der Waals surface area contributed by atoms with Crippen molar-refractivity contribution in [3.05, 3.63) is 79.6 Å². The maximum atomic E-state index is 12.5. The molecule has 0 aliphatic carbocycles. The molecular weight excluding hydrogens is 402 g/mol. The summed E-state index contributed by atoms with van der Waals surface area (Å²) in [7, 11) is 0. The predicted octanol–water partition coefficient (Wildman–Crippen LogP) is 3.27. The fourth-order valence-corrected chi connectivity index (χ4v) is 2.77. The van der Waals surface area contributed by atoms with Gasteiger partial charge in [-0.2, -0.15) is 0 Å². The molecule has 3 rings (SSSR count). The number of nitrogens with one attached hydrogen (secondary N) is 2. The molecule has 1 aromatic heterocycles. The molecule has 29 heavy (non-hydrogen) atoms. The standard InChI is InChI=1S/C19H14ClN3O6/c1-10(18(25)22-16-8-11(23(27)28)6-7-14(16)20)29-19(26)13-9-17(24)21-15-5-3-2-4-12(13)15/h2-10H,1H3,(H,21,24)(H,22,25). The van der Waals surface area contributed by atoms with E-state index in [4.69, 9.17) is 16.3 Å². The monoisotopic (exact) mass is 415 g/mol. The Morgan fingerprint density at radius 1 is 1.21 bits per heavy atom. The molecule has 1 amide bonds. The van der Waals surface area contributed by atoms with Gasteiger partial charge in [0, 0.05) is 29.1 Å². The Labute approximate surface area is 168 Å². The van der Waals surface area contributed by atoms with Crippen LogP contribution in [0.25, 0.3) is 10.9 Å². The van der Waals surface area contributed by atoms with Crippen LogP contribution in [0, 0.1) is 10.1 Å². The maximum Gasteiger partial charge on any atom is 0.339 e. The molecule has 0 bridgehead atoms. The summed E-state index contributed by atoms with van der Waals surface area (Å²) < 4.78 is 5.17. The summed E-state index contributed by atoms with van der Waals surface area (Å²) in [5.74, 6) is -1.60. The quantitative estimate of drug-likeness (QED) is 0.373. The number of aromatic nitrogens is 1. The Bertz CT molecular complexity index is 1190. The van der Waals surface area contributed by atoms with E-state index in [-0.39, 0.29) is 22.0 Å². The highest BCUT2D eigenvalue weighted by Gasteiger charge is 2.22. The first-order valence-electron chi connectivity index (χ1n) is 8.34. The van der Waals surface area contributed by atoms with E-state index in [1.807, 2.05) is 0 Å². The topological polar surface area (TPSA) is 131 Å². The maximum absolute atomic E-state index is 12.5. The number of amides is 1. The van der Waals surface area contributed by atoms with Gasteiger partial charge < -0.3 is 15.0 Å². The van der Waals surface area contributed by atoms with Crippen molar-refractivity contribution in [1.29, 1.82) is 0 Å². The van der Waals surface area contributed by atoms with E-state index in [1.54, 1.807) is 24.3 Å². The molecule has 1 unspecified atom stereocenters. The van der Waals surface area contributed by atoms with Crippen molar-refractivity contribution < 1.29 is 19.2 Å². The van der Waals surface area contributed by atoms with Crippen LogP contribution in [0.2, 0.25) is 5.02 Å². The molecule has 0 saturated carbocycles. The smallest absolute Gasteiger partial charge is 0.339 e. The van der Waals surface area contributed by atoms with Crippen molar-refractivity contribution in [1.82, 2.24) is 4.98 Å². The average Bonchev–Trinajstić information content (AvgIpc) is 2.68. The van der Waals surface area contributed by atoms with Crippen molar-refractivity contribution in [2.45, 2.75) is 13.0 Å². The molecule has 0 radical (unpaired) electrons. The number of ether oxygens (including phenoxy) is 1. The van der Waals surface area contributed by atoms with Gasteiger partial charge in [-0.15, -0.1) is 0 Å². The number of rotatable bonds is 5. The Morgan fingerprint density at radius 3 is 2.66 bits per heavy atom. The van der Waals surface area contributed by atoms with Crippen LogP contribution in [0.15, 0.2) is 53.3 Å². The minimum Gasteiger partial charge on any atom is -0.449 e. The minimum atomic E-state index is -1.25. The van der Waals surface area contributed by atoms with E-state index in [9.17, 15) is 24.5 Å². The number of fused-ring (bicyclic) bond motifs is 1. The Hall–Kier alpha value is -3.72. The van der Waals surface area contributed by atoms with Gasteiger partial charge >= 0.3 is 5.97 Å². The summed E-state index contributed by atoms with van der Waals surface area (Å²) in [5.41, 5.74) is -0.277. The Kier molecular flexibility index (Phi) is 5.60. The van der Waals surface area contributed by atoms with Crippen molar-refractivity contribution >= 4 is 45.8 Å². The van der Waals surface area contributed by atoms with Gasteiger partial charge in [0.1, 0.15) is 0 Å². The van der Waals surface area contributed by atoms with E-state index < -0.39 is 28.5 Å². The summed E-state index contributed by atoms with van der Waals surface area (Å²) in [4.78, 5) is 49.5. The van der Waals surface area contributed by atoms with Gasteiger partial charge in [0.25, 0.3) is 11.6 Å². The molecule has 0 aliphatic heterocycles. The van der Waals surface area contributed by atoms with Crippen LogP contribution in [0.5, 0.6) is 0 Å². The molecule has 3 aromatic rings. The molecule has 2 aromatic carbocycles. The molecular formula is C19H14ClN3O6. The fourth-order valence-electron chi connectivity index (χ4n) is 2.61. The zero-order valence-electron chi connectivity index (χ0n) is 15.0. The first kappa shape index (κ1) is 20.0. The number of halogens is 1. The third-order valence-corrected chi connectivity index (χ3v) is 4.37. The van der Waals surface area contributed by atoms with E-state index in [1.165, 1.54) is 19.1 Å². The second kappa shape index (κ2) is 8.11. The van der Waals surface area contributed by atoms with Gasteiger partial charge in [-0.3, -0.25) is 19.7 Å². The number of nitrogens with zero attached hydrogens (tertiary/aromatic N) is 1. The molecule has 10 heteroatoms. The van der Waals surface area contributed by atoms with Gasteiger partial charge in [-0.1, -0.05) is 29.8 Å². The highest BCUT2D eigenvalue weighted by atomic mass is 35.5. The van der Waals surface area contributed by atoms with Crippen molar-refractivity contribution in [3.63, 3.8) is 0 Å². The molecule has 2 N–H and O–H groups in total. The van der Waals surface area contributed by atoms with Crippen molar-refractivity contribution in [2.24, 2.45) is 0 Å². The van der Waals surface area contributed by atoms with Gasteiger partial charge in [-0.25, -0.2) is 4.79 Å². The number of carbonyl (C=O) groups is 2. The van der Waals surface area contributed by atoms with E-state index in [0.29, 0.717) is 10.9 Å². The largest absolute Gasteiger partial charge is 0.449 e. The van der Waals surface area contributed by atoms with Crippen LogP contribution in [0.1, 0.15) is 17.3 Å². The minimum absolute atomic E-state index is 0.00960. The number of esters is 1. The third kappa shape index (κ3) is 4.41. The molecule has 9 nitrogen and oxygen atoms in total. The summed E-state index contributed by atoms with van der Waals surface area (Å²) >= 11 is 5.95. The number of nitro benzene ring substituents is 1. The number of pyridine rings is 1. The number of carbonyl (C=O) groups excluding carboxylic acids is 2. The van der Waals surface area contributed by atoms with Gasteiger partial charge in [0.2, 0.25) is 5.56 Å². The number of H-pyrrole nitrogens is 1. The van der Waals surface area contributed by atoms with E-state index in [0.717, 1.165) is 12.1 Å². The first-order chi connectivity index (χ1) is 13.8. The molecule has 0 spiro atoms. The lowest BCUT2D eigenvalue weighted by Crippen LogP contribution is -2.30. The molecule has 1 heterocycles. The molecule has 0 aliphatic rings. The van der Waals surface area contributed by atoms with Crippen LogP contribution in [-0.4, -0.2) is 27.9 Å². The van der Waals surface area contributed by atoms with Crippen LogP contribution in [0.3, 0.4) is 0 Å². The molecule has 1 atom stereocenters. The summed E-state index contributed by atoms with van der Waals surface area (Å²) in [6.45, 7) is 1.33. The fraction of sp³-hybridized carbons (Fsp3) is 0.105. The number of benzene rings is 2. The number of hydrogen-bond acceptors (Lipinski definition) is 6. The Morgan fingerprint density at radius 2 is 1.93 bits per heavy atom. The first-order valence-corrected chi connectivity index (χ1v) is 8.72. The molecule has 0 saturated heterocycles. The zero-order chi connectivity index (χ0) is 21.1. The van der Waals surface area contributed by atoms with Crippen molar-refractivity contribution in [3.8, 4) is 0 Å². The molecule has 148 valence electrons. The second-order valence-corrected chi connectivity index (χ2v) is 6.46. The number of nitro groups is 1. The van der Waals surface area contributed by atoms with Crippen molar-refractivity contribution in [2.75, 3.05) is 5.32 Å². The number of non-ortho nitro benzene ring substituents is 1. The van der Waals surface area contributed by atoms with E-state index >= 15 is 0 Å². The third-order valence-electron chi connectivity index (χ3n) is 4.04.